The van der Waals surface area contributed by atoms with Gasteiger partial charge in [0, 0.05) is 11.5 Å². The van der Waals surface area contributed by atoms with Crippen LogP contribution in [-0.2, 0) is 12.0 Å². The summed E-state index contributed by atoms with van der Waals surface area (Å²) in [7, 11) is 0. The van der Waals surface area contributed by atoms with E-state index in [2.05, 4.69) is 12.1 Å². The molecule has 0 fully saturated rings. The van der Waals surface area contributed by atoms with Gasteiger partial charge in [-0.15, -0.1) is 0 Å². The second kappa shape index (κ2) is 4.71. The third-order valence-corrected chi connectivity index (χ3v) is 3.99. The Bertz CT molecular complexity index is 560. The Labute approximate surface area is 113 Å². The van der Waals surface area contributed by atoms with E-state index < -0.39 is 5.60 Å². The van der Waals surface area contributed by atoms with Crippen molar-refractivity contribution >= 4 is 0 Å². The molecule has 3 rings (SSSR count). The number of rotatable bonds is 2. The molecule has 0 saturated carbocycles. The molecule has 2 heteroatoms. The topological polar surface area (TPSA) is 29.5 Å². The fraction of sp³-hybridized carbons (Fsp3) is 0.294. The Morgan fingerprint density at radius 3 is 2.58 bits per heavy atom. The molecule has 2 aromatic rings. The molecule has 0 radical (unpaired) electrons. The molecule has 1 heterocycles. The summed E-state index contributed by atoms with van der Waals surface area (Å²) < 4.78 is 5.78. The van der Waals surface area contributed by atoms with E-state index in [-0.39, 0.29) is 5.92 Å². The summed E-state index contributed by atoms with van der Waals surface area (Å²) in [6, 6.07) is 18.0. The molecule has 0 spiro atoms. The van der Waals surface area contributed by atoms with Crippen LogP contribution in [-0.4, -0.2) is 11.7 Å². The Balaban J connectivity index is 1.89. The van der Waals surface area contributed by atoms with E-state index >= 15 is 0 Å². The predicted molar refractivity (Wildman–Crippen MR) is 75.1 cm³/mol. The summed E-state index contributed by atoms with van der Waals surface area (Å²) in [5.41, 5.74) is 1.28. The summed E-state index contributed by atoms with van der Waals surface area (Å²) in [4.78, 5) is 0. The van der Waals surface area contributed by atoms with Gasteiger partial charge < -0.3 is 9.84 Å². The molecule has 19 heavy (non-hydrogen) atoms. The zero-order chi connectivity index (χ0) is 13.3. The SMILES string of the molecule is C[C@@]1(O)c2ccccc2OC[C@H]1Cc1ccccc1. The van der Waals surface area contributed by atoms with Gasteiger partial charge in [-0.1, -0.05) is 48.5 Å². The van der Waals surface area contributed by atoms with Crippen LogP contribution in [0.5, 0.6) is 5.75 Å². The maximum Gasteiger partial charge on any atom is 0.125 e. The summed E-state index contributed by atoms with van der Waals surface area (Å²) >= 11 is 0. The standard InChI is InChI=1S/C17H18O2/c1-17(18)14(11-13-7-3-2-4-8-13)12-19-16-10-6-5-9-15(16)17/h2-10,14,18H,11-12H2,1H3/t14-,17+/m1/s1. The van der Waals surface area contributed by atoms with Gasteiger partial charge >= 0.3 is 0 Å². The van der Waals surface area contributed by atoms with Crippen molar-refractivity contribution < 1.29 is 9.84 Å². The Morgan fingerprint density at radius 2 is 1.79 bits per heavy atom. The van der Waals surface area contributed by atoms with Gasteiger partial charge in [0.2, 0.25) is 0 Å². The molecule has 2 nitrogen and oxygen atoms in total. The van der Waals surface area contributed by atoms with Crippen LogP contribution in [0, 0.1) is 5.92 Å². The minimum absolute atomic E-state index is 0.0739. The largest absolute Gasteiger partial charge is 0.493 e. The number of ether oxygens (including phenoxy) is 1. The van der Waals surface area contributed by atoms with Crippen molar-refractivity contribution in [3.8, 4) is 5.75 Å². The minimum atomic E-state index is -0.843. The molecule has 0 aromatic heterocycles. The average molecular weight is 254 g/mol. The first kappa shape index (κ1) is 12.2. The van der Waals surface area contributed by atoms with Crippen LogP contribution < -0.4 is 4.74 Å². The molecule has 1 N–H and O–H groups in total. The molecule has 0 amide bonds. The smallest absolute Gasteiger partial charge is 0.125 e. The third kappa shape index (κ3) is 2.24. The van der Waals surface area contributed by atoms with E-state index in [4.69, 9.17) is 4.74 Å². The summed E-state index contributed by atoms with van der Waals surface area (Å²) in [5, 5.41) is 10.9. The number of benzene rings is 2. The van der Waals surface area contributed by atoms with Gasteiger partial charge in [-0.2, -0.15) is 0 Å². The highest BCUT2D eigenvalue weighted by Crippen LogP contribution is 2.41. The van der Waals surface area contributed by atoms with Crippen molar-refractivity contribution in [1.82, 2.24) is 0 Å². The molecule has 1 aliphatic heterocycles. The summed E-state index contributed by atoms with van der Waals surface area (Å²) in [6.07, 6.45) is 0.822. The number of aliphatic hydroxyl groups is 1. The normalized spacial score (nSPS) is 25.5. The Morgan fingerprint density at radius 1 is 1.11 bits per heavy atom. The lowest BCUT2D eigenvalue weighted by atomic mass is 9.78. The van der Waals surface area contributed by atoms with Crippen LogP contribution >= 0.6 is 0 Å². The van der Waals surface area contributed by atoms with Crippen molar-refractivity contribution in [2.24, 2.45) is 5.92 Å². The first-order valence-corrected chi connectivity index (χ1v) is 6.66. The second-order valence-corrected chi connectivity index (χ2v) is 5.34. The molecule has 0 bridgehead atoms. The maximum absolute atomic E-state index is 10.9. The second-order valence-electron chi connectivity index (χ2n) is 5.34. The fourth-order valence-corrected chi connectivity index (χ4v) is 2.74. The van der Waals surface area contributed by atoms with Crippen molar-refractivity contribution in [2.75, 3.05) is 6.61 Å². The van der Waals surface area contributed by atoms with Gasteiger partial charge in [0.15, 0.2) is 0 Å². The molecule has 0 unspecified atom stereocenters. The monoisotopic (exact) mass is 254 g/mol. The van der Waals surface area contributed by atoms with Gasteiger partial charge in [0.25, 0.3) is 0 Å². The lowest BCUT2D eigenvalue weighted by Crippen LogP contribution is -2.41. The number of para-hydroxylation sites is 1. The summed E-state index contributed by atoms with van der Waals surface area (Å²) in [5.74, 6) is 0.876. The highest BCUT2D eigenvalue weighted by atomic mass is 16.5. The zero-order valence-corrected chi connectivity index (χ0v) is 11.0. The first-order valence-electron chi connectivity index (χ1n) is 6.66. The van der Waals surface area contributed by atoms with E-state index in [1.807, 2.05) is 49.4 Å². The molecule has 2 aromatic carbocycles. The van der Waals surface area contributed by atoms with Gasteiger partial charge in [-0.3, -0.25) is 0 Å². The molecule has 98 valence electrons. The lowest BCUT2D eigenvalue weighted by molar-refractivity contribution is -0.0431. The minimum Gasteiger partial charge on any atom is -0.493 e. The van der Waals surface area contributed by atoms with E-state index in [0.29, 0.717) is 6.61 Å². The molecular formula is C17H18O2. The van der Waals surface area contributed by atoms with Gasteiger partial charge in [-0.25, -0.2) is 0 Å². The number of fused-ring (bicyclic) bond motifs is 1. The van der Waals surface area contributed by atoms with E-state index in [9.17, 15) is 5.11 Å². The van der Waals surface area contributed by atoms with Crippen LogP contribution in [0.1, 0.15) is 18.1 Å². The maximum atomic E-state index is 10.9. The molecule has 1 aliphatic rings. The quantitative estimate of drug-likeness (QED) is 0.892. The Kier molecular flexibility index (Phi) is 3.03. The van der Waals surface area contributed by atoms with Crippen LogP contribution in [0.2, 0.25) is 0 Å². The molecule has 0 saturated heterocycles. The lowest BCUT2D eigenvalue weighted by Gasteiger charge is -2.38. The highest BCUT2D eigenvalue weighted by molar-refractivity contribution is 5.40. The van der Waals surface area contributed by atoms with Gasteiger partial charge in [0.1, 0.15) is 5.75 Å². The van der Waals surface area contributed by atoms with Crippen LogP contribution in [0.3, 0.4) is 0 Å². The highest BCUT2D eigenvalue weighted by Gasteiger charge is 2.39. The van der Waals surface area contributed by atoms with Crippen LogP contribution in [0.4, 0.5) is 0 Å². The van der Waals surface area contributed by atoms with E-state index in [1.165, 1.54) is 5.56 Å². The molecule has 0 aliphatic carbocycles. The predicted octanol–water partition coefficient (Wildman–Crippen LogP) is 3.15. The molecular weight excluding hydrogens is 236 g/mol. The van der Waals surface area contributed by atoms with Crippen molar-refractivity contribution in [2.45, 2.75) is 18.9 Å². The summed E-state index contributed by atoms with van der Waals surface area (Å²) in [6.45, 7) is 2.45. The van der Waals surface area contributed by atoms with E-state index in [0.717, 1.165) is 17.7 Å². The van der Waals surface area contributed by atoms with Gasteiger partial charge in [-0.05, 0) is 25.0 Å². The van der Waals surface area contributed by atoms with Crippen LogP contribution in [0.15, 0.2) is 54.6 Å². The third-order valence-electron chi connectivity index (χ3n) is 3.99. The Hall–Kier alpha value is -1.80. The zero-order valence-electron chi connectivity index (χ0n) is 11.0. The number of hydrogen-bond donors (Lipinski definition) is 1. The van der Waals surface area contributed by atoms with Crippen LogP contribution in [0.25, 0.3) is 0 Å². The van der Waals surface area contributed by atoms with Crippen molar-refractivity contribution in [3.05, 3.63) is 65.7 Å². The molecule has 2 atom stereocenters. The number of hydrogen-bond acceptors (Lipinski definition) is 2. The fourth-order valence-electron chi connectivity index (χ4n) is 2.74. The average Bonchev–Trinajstić information content (AvgIpc) is 2.44. The van der Waals surface area contributed by atoms with Crippen molar-refractivity contribution in [3.63, 3.8) is 0 Å². The first-order chi connectivity index (χ1) is 9.18. The van der Waals surface area contributed by atoms with Crippen molar-refractivity contribution in [1.29, 1.82) is 0 Å². The van der Waals surface area contributed by atoms with E-state index in [1.54, 1.807) is 0 Å². The van der Waals surface area contributed by atoms with Gasteiger partial charge in [0.05, 0.1) is 12.2 Å².